The predicted octanol–water partition coefficient (Wildman–Crippen LogP) is 1.97. The van der Waals surface area contributed by atoms with Crippen molar-refractivity contribution in [2.45, 2.75) is 13.0 Å². The Hall–Kier alpha value is -1.81. The minimum absolute atomic E-state index is 0.253. The smallest absolute Gasteiger partial charge is 0.126 e. The first-order chi connectivity index (χ1) is 7.68. The van der Waals surface area contributed by atoms with E-state index in [0.717, 1.165) is 0 Å². The fourth-order valence-electron chi connectivity index (χ4n) is 1.44. The number of aromatic nitrogens is 2. The number of rotatable bonds is 2. The van der Waals surface area contributed by atoms with Crippen molar-refractivity contribution in [3.8, 4) is 0 Å². The van der Waals surface area contributed by atoms with Crippen molar-refractivity contribution in [2.24, 2.45) is 5.73 Å². The van der Waals surface area contributed by atoms with Crippen molar-refractivity contribution in [1.82, 2.24) is 9.97 Å². The van der Waals surface area contributed by atoms with E-state index in [4.69, 9.17) is 5.73 Å². The van der Waals surface area contributed by atoms with Crippen LogP contribution in [-0.4, -0.2) is 9.97 Å². The van der Waals surface area contributed by atoms with Crippen molar-refractivity contribution in [2.75, 3.05) is 0 Å². The van der Waals surface area contributed by atoms with Crippen LogP contribution in [-0.2, 0) is 0 Å². The van der Waals surface area contributed by atoms with Crippen LogP contribution in [0.5, 0.6) is 0 Å². The molecule has 0 radical (unpaired) electrons. The predicted molar refractivity (Wildman–Crippen MR) is 59.2 cm³/mol. The lowest BCUT2D eigenvalue weighted by molar-refractivity contribution is 0.614. The van der Waals surface area contributed by atoms with E-state index in [1.807, 2.05) is 0 Å². The number of hydrogen-bond acceptors (Lipinski definition) is 3. The zero-order chi connectivity index (χ0) is 11.5. The van der Waals surface area contributed by atoms with Crippen LogP contribution >= 0.6 is 0 Å². The maximum atomic E-state index is 13.4. The van der Waals surface area contributed by atoms with Gasteiger partial charge in [-0.2, -0.15) is 0 Å². The number of hydrogen-bond donors (Lipinski definition) is 1. The Labute approximate surface area is 93.2 Å². The van der Waals surface area contributed by atoms with Gasteiger partial charge in [0.05, 0.1) is 17.9 Å². The van der Waals surface area contributed by atoms with Gasteiger partial charge in [0.2, 0.25) is 0 Å². The quantitative estimate of drug-likeness (QED) is 0.836. The normalized spacial score (nSPS) is 12.4. The van der Waals surface area contributed by atoms with E-state index in [9.17, 15) is 4.39 Å². The summed E-state index contributed by atoms with van der Waals surface area (Å²) in [5.41, 5.74) is 7.90. The highest BCUT2D eigenvalue weighted by Crippen LogP contribution is 2.19. The summed E-state index contributed by atoms with van der Waals surface area (Å²) in [6.07, 6.45) is 4.73. The van der Waals surface area contributed by atoms with Crippen LogP contribution in [0.1, 0.15) is 22.9 Å². The van der Waals surface area contributed by atoms with Gasteiger partial charge in [-0.3, -0.25) is 9.97 Å². The molecule has 2 N–H and O–H groups in total. The van der Waals surface area contributed by atoms with Crippen LogP contribution in [0.2, 0.25) is 0 Å². The molecule has 1 atom stereocenters. The van der Waals surface area contributed by atoms with E-state index in [1.54, 1.807) is 37.6 Å². The van der Waals surface area contributed by atoms with E-state index in [0.29, 0.717) is 16.8 Å². The average molecular weight is 217 g/mol. The first-order valence-electron chi connectivity index (χ1n) is 4.96. The van der Waals surface area contributed by atoms with Gasteiger partial charge in [0, 0.05) is 12.4 Å². The van der Waals surface area contributed by atoms with Gasteiger partial charge in [0.15, 0.2) is 0 Å². The molecule has 2 aromatic rings. The fourth-order valence-corrected chi connectivity index (χ4v) is 1.44. The number of aryl methyl sites for hydroxylation is 1. The Bertz CT molecular complexity index is 485. The maximum absolute atomic E-state index is 13.4. The van der Waals surface area contributed by atoms with Crippen LogP contribution in [0, 0.1) is 12.7 Å². The average Bonchev–Trinajstić information content (AvgIpc) is 2.33. The molecular weight excluding hydrogens is 205 g/mol. The van der Waals surface area contributed by atoms with Crippen LogP contribution in [0.25, 0.3) is 0 Å². The summed E-state index contributed by atoms with van der Waals surface area (Å²) < 4.78 is 13.4. The molecule has 0 saturated heterocycles. The van der Waals surface area contributed by atoms with E-state index in [1.165, 1.54) is 6.07 Å². The minimum atomic E-state index is -0.441. The highest BCUT2D eigenvalue weighted by atomic mass is 19.1. The van der Waals surface area contributed by atoms with Crippen molar-refractivity contribution in [3.63, 3.8) is 0 Å². The lowest BCUT2D eigenvalue weighted by Crippen LogP contribution is -2.14. The first-order valence-corrected chi connectivity index (χ1v) is 4.96. The minimum Gasteiger partial charge on any atom is -0.319 e. The number of nitrogens with two attached hydrogens (primary N) is 1. The zero-order valence-electron chi connectivity index (χ0n) is 8.89. The van der Waals surface area contributed by atoms with Gasteiger partial charge in [-0.1, -0.05) is 12.1 Å². The molecule has 0 bridgehead atoms. The zero-order valence-corrected chi connectivity index (χ0v) is 8.89. The van der Waals surface area contributed by atoms with Crippen molar-refractivity contribution in [3.05, 3.63) is 59.4 Å². The summed E-state index contributed by atoms with van der Waals surface area (Å²) in [5, 5.41) is 0. The number of benzene rings is 1. The standard InChI is InChI=1S/C12H12FN3/c1-8-2-3-9(6-10(8)13)12(14)11-7-15-4-5-16-11/h2-7,12H,14H2,1H3. The highest BCUT2D eigenvalue weighted by Gasteiger charge is 2.11. The maximum Gasteiger partial charge on any atom is 0.126 e. The van der Waals surface area contributed by atoms with Gasteiger partial charge in [-0.05, 0) is 24.1 Å². The van der Waals surface area contributed by atoms with E-state index in [2.05, 4.69) is 9.97 Å². The van der Waals surface area contributed by atoms with Crippen molar-refractivity contribution in [1.29, 1.82) is 0 Å². The number of halogens is 1. The Morgan fingerprint density at radius 1 is 1.31 bits per heavy atom. The van der Waals surface area contributed by atoms with Gasteiger partial charge in [-0.25, -0.2) is 4.39 Å². The van der Waals surface area contributed by atoms with Gasteiger partial charge in [-0.15, -0.1) is 0 Å². The summed E-state index contributed by atoms with van der Waals surface area (Å²) in [4.78, 5) is 8.03. The summed E-state index contributed by atoms with van der Waals surface area (Å²) in [6, 6.07) is 4.51. The second kappa shape index (κ2) is 4.37. The molecule has 1 heterocycles. The molecule has 82 valence electrons. The molecule has 0 saturated carbocycles. The second-order valence-corrected chi connectivity index (χ2v) is 3.62. The lowest BCUT2D eigenvalue weighted by atomic mass is 10.0. The molecule has 0 aliphatic rings. The van der Waals surface area contributed by atoms with Crippen molar-refractivity contribution >= 4 is 0 Å². The molecule has 0 amide bonds. The second-order valence-electron chi connectivity index (χ2n) is 3.62. The molecule has 0 fully saturated rings. The van der Waals surface area contributed by atoms with Crippen molar-refractivity contribution < 1.29 is 4.39 Å². The molecule has 0 spiro atoms. The lowest BCUT2D eigenvalue weighted by Gasteiger charge is -2.11. The molecule has 0 aliphatic heterocycles. The van der Waals surface area contributed by atoms with E-state index < -0.39 is 6.04 Å². The topological polar surface area (TPSA) is 51.8 Å². The molecule has 1 aromatic carbocycles. The molecule has 0 aliphatic carbocycles. The molecule has 2 rings (SSSR count). The number of nitrogens with zero attached hydrogens (tertiary/aromatic N) is 2. The summed E-state index contributed by atoms with van der Waals surface area (Å²) >= 11 is 0. The van der Waals surface area contributed by atoms with Gasteiger partial charge in [0.25, 0.3) is 0 Å². The van der Waals surface area contributed by atoms with Crippen LogP contribution in [0.3, 0.4) is 0 Å². The Balaban J connectivity index is 2.34. The fraction of sp³-hybridized carbons (Fsp3) is 0.167. The molecule has 3 nitrogen and oxygen atoms in total. The van der Waals surface area contributed by atoms with Gasteiger partial charge in [0.1, 0.15) is 5.82 Å². The molecular formula is C12H12FN3. The van der Waals surface area contributed by atoms with Crippen LogP contribution in [0.15, 0.2) is 36.8 Å². The van der Waals surface area contributed by atoms with E-state index >= 15 is 0 Å². The van der Waals surface area contributed by atoms with E-state index in [-0.39, 0.29) is 5.82 Å². The summed E-state index contributed by atoms with van der Waals surface area (Å²) in [6.45, 7) is 1.72. The third kappa shape index (κ3) is 2.06. The third-order valence-corrected chi connectivity index (χ3v) is 2.46. The summed E-state index contributed by atoms with van der Waals surface area (Å²) in [5.74, 6) is -0.253. The van der Waals surface area contributed by atoms with Crippen LogP contribution in [0.4, 0.5) is 4.39 Å². The SMILES string of the molecule is Cc1ccc(C(N)c2cnccn2)cc1F. The van der Waals surface area contributed by atoms with Gasteiger partial charge >= 0.3 is 0 Å². The monoisotopic (exact) mass is 217 g/mol. The molecule has 16 heavy (non-hydrogen) atoms. The largest absolute Gasteiger partial charge is 0.319 e. The summed E-state index contributed by atoms with van der Waals surface area (Å²) in [7, 11) is 0. The Morgan fingerprint density at radius 2 is 2.12 bits per heavy atom. The molecule has 1 aromatic heterocycles. The van der Waals surface area contributed by atoms with Crippen LogP contribution < -0.4 is 5.73 Å². The van der Waals surface area contributed by atoms with Gasteiger partial charge < -0.3 is 5.73 Å². The molecule has 4 heteroatoms. The highest BCUT2D eigenvalue weighted by molar-refractivity contribution is 5.29. The third-order valence-electron chi connectivity index (χ3n) is 2.46. The Morgan fingerprint density at radius 3 is 2.75 bits per heavy atom. The molecule has 1 unspecified atom stereocenters. The Kier molecular flexibility index (Phi) is 2.92. The first kappa shape index (κ1) is 10.7.